The number of aromatic nitrogens is 2. The van der Waals surface area contributed by atoms with Gasteiger partial charge in [-0.1, -0.05) is 0 Å². The average Bonchev–Trinajstić information content (AvgIpc) is 2.34. The van der Waals surface area contributed by atoms with Crippen molar-refractivity contribution in [1.82, 2.24) is 10.2 Å². The van der Waals surface area contributed by atoms with E-state index in [0.717, 1.165) is 10.6 Å². The lowest BCUT2D eigenvalue weighted by Crippen LogP contribution is -2.24. The van der Waals surface area contributed by atoms with Crippen LogP contribution in [-0.2, 0) is 10.0 Å². The van der Waals surface area contributed by atoms with Crippen LogP contribution in [0.1, 0.15) is 0 Å². The number of nitrogens with zero attached hydrogens (tertiary/aromatic N) is 2. The zero-order valence-corrected chi connectivity index (χ0v) is 7.01. The highest BCUT2D eigenvalue weighted by molar-refractivity contribution is 7.92. The van der Waals surface area contributed by atoms with Crippen molar-refractivity contribution in [2.75, 3.05) is 17.6 Å². The second kappa shape index (κ2) is 2.54. The van der Waals surface area contributed by atoms with Crippen LogP contribution in [0.4, 0.5) is 5.69 Å². The first-order valence-electron chi connectivity index (χ1n) is 2.87. The van der Waals surface area contributed by atoms with Gasteiger partial charge in [0.05, 0.1) is 11.9 Å². The molecular formula is C5H8N3O2S. The first-order valence-corrected chi connectivity index (χ1v) is 4.72. The van der Waals surface area contributed by atoms with Gasteiger partial charge in [0, 0.05) is 13.2 Å². The molecule has 1 aromatic rings. The molecule has 0 bridgehead atoms. The second-order valence-electron chi connectivity index (χ2n) is 2.11. The van der Waals surface area contributed by atoms with Crippen molar-refractivity contribution in [1.29, 1.82) is 0 Å². The molecule has 0 aromatic carbocycles. The van der Waals surface area contributed by atoms with E-state index in [1.165, 1.54) is 13.2 Å². The Labute approximate surface area is 65.1 Å². The molecule has 61 valence electrons. The van der Waals surface area contributed by atoms with E-state index in [0.29, 0.717) is 5.69 Å². The molecule has 1 aromatic heterocycles. The van der Waals surface area contributed by atoms with E-state index in [4.69, 9.17) is 0 Å². The van der Waals surface area contributed by atoms with E-state index in [1.54, 1.807) is 0 Å². The number of nitrogens with one attached hydrogen (secondary N) is 1. The largest absolute Gasteiger partial charge is 0.283 e. The Hall–Kier alpha value is -1.04. The van der Waals surface area contributed by atoms with Gasteiger partial charge in [0.15, 0.2) is 0 Å². The maximum absolute atomic E-state index is 10.9. The molecule has 0 saturated carbocycles. The van der Waals surface area contributed by atoms with Gasteiger partial charge in [-0.05, 0) is 0 Å². The Morgan fingerprint density at radius 2 is 2.36 bits per heavy atom. The SMILES string of the molecule is CN(c1[c]n[nH]c1)S(C)(=O)=O. The lowest BCUT2D eigenvalue weighted by molar-refractivity contribution is 0.600. The highest BCUT2D eigenvalue weighted by Crippen LogP contribution is 2.10. The first-order chi connectivity index (χ1) is 5.02. The molecule has 0 fully saturated rings. The summed E-state index contributed by atoms with van der Waals surface area (Å²) >= 11 is 0. The summed E-state index contributed by atoms with van der Waals surface area (Å²) in [6.07, 6.45) is 5.06. The smallest absolute Gasteiger partial charge is 0.232 e. The van der Waals surface area contributed by atoms with E-state index in [-0.39, 0.29) is 0 Å². The number of anilines is 1. The van der Waals surface area contributed by atoms with Gasteiger partial charge in [0.25, 0.3) is 0 Å². The van der Waals surface area contributed by atoms with Crippen molar-refractivity contribution >= 4 is 15.7 Å². The lowest BCUT2D eigenvalue weighted by Gasteiger charge is -2.12. The minimum atomic E-state index is -3.18. The van der Waals surface area contributed by atoms with Crippen molar-refractivity contribution in [2.45, 2.75) is 0 Å². The number of aromatic amines is 1. The van der Waals surface area contributed by atoms with Gasteiger partial charge < -0.3 is 0 Å². The van der Waals surface area contributed by atoms with Gasteiger partial charge in [-0.25, -0.2) is 8.42 Å². The molecule has 0 aliphatic heterocycles. The maximum atomic E-state index is 10.9. The van der Waals surface area contributed by atoms with E-state index in [9.17, 15) is 8.42 Å². The molecule has 1 N–H and O–H groups in total. The Morgan fingerprint density at radius 1 is 1.73 bits per heavy atom. The van der Waals surface area contributed by atoms with E-state index in [2.05, 4.69) is 16.4 Å². The Kier molecular flexibility index (Phi) is 1.86. The first kappa shape index (κ1) is 8.06. The van der Waals surface area contributed by atoms with Crippen LogP contribution in [0, 0.1) is 6.20 Å². The molecule has 1 heterocycles. The zero-order valence-electron chi connectivity index (χ0n) is 6.20. The predicted octanol–water partition coefficient (Wildman–Crippen LogP) is -0.394. The summed E-state index contributed by atoms with van der Waals surface area (Å²) in [7, 11) is -1.74. The normalized spacial score (nSPS) is 11.5. The van der Waals surface area contributed by atoms with Gasteiger partial charge >= 0.3 is 0 Å². The van der Waals surface area contributed by atoms with Crippen LogP contribution >= 0.6 is 0 Å². The van der Waals surface area contributed by atoms with Crippen molar-refractivity contribution in [3.05, 3.63) is 12.4 Å². The Balaban J connectivity index is 2.97. The fourth-order valence-corrected chi connectivity index (χ4v) is 1.01. The van der Waals surface area contributed by atoms with Crippen molar-refractivity contribution < 1.29 is 8.42 Å². The third-order valence-corrected chi connectivity index (χ3v) is 2.46. The van der Waals surface area contributed by atoms with Gasteiger partial charge in [-0.3, -0.25) is 9.40 Å². The summed E-state index contributed by atoms with van der Waals surface area (Å²) in [6, 6.07) is 0. The van der Waals surface area contributed by atoms with Crippen LogP contribution in [0.3, 0.4) is 0 Å². The van der Waals surface area contributed by atoms with Crippen molar-refractivity contribution in [2.24, 2.45) is 0 Å². The molecule has 5 nitrogen and oxygen atoms in total. The molecular weight excluding hydrogens is 166 g/mol. The number of sulfonamides is 1. The van der Waals surface area contributed by atoms with Crippen LogP contribution in [0.25, 0.3) is 0 Å². The molecule has 0 saturated heterocycles. The summed E-state index contributed by atoms with van der Waals surface area (Å²) in [4.78, 5) is 0. The Bertz CT molecular complexity index is 316. The van der Waals surface area contributed by atoms with Crippen molar-refractivity contribution in [3.63, 3.8) is 0 Å². The van der Waals surface area contributed by atoms with Crippen molar-refractivity contribution in [3.8, 4) is 0 Å². The highest BCUT2D eigenvalue weighted by atomic mass is 32.2. The van der Waals surface area contributed by atoms with Crippen LogP contribution < -0.4 is 4.31 Å². The monoisotopic (exact) mass is 174 g/mol. The van der Waals surface area contributed by atoms with E-state index in [1.807, 2.05) is 0 Å². The number of hydrogen-bond donors (Lipinski definition) is 1. The molecule has 0 amide bonds. The number of H-pyrrole nitrogens is 1. The van der Waals surface area contributed by atoms with Crippen LogP contribution in [0.5, 0.6) is 0 Å². The summed E-state index contributed by atoms with van der Waals surface area (Å²) < 4.78 is 22.9. The molecule has 6 heteroatoms. The van der Waals surface area contributed by atoms with Gasteiger partial charge in [0.2, 0.25) is 10.0 Å². The standard InChI is InChI=1S/C5H8N3O2S/c1-8(11(2,9)10)5-3-6-7-4-5/h3H,1-2H3,(H,6,7). The number of rotatable bonds is 2. The molecule has 11 heavy (non-hydrogen) atoms. The van der Waals surface area contributed by atoms with Gasteiger partial charge in [-0.15, -0.1) is 0 Å². The van der Waals surface area contributed by atoms with Crippen LogP contribution in [-0.4, -0.2) is 31.9 Å². The molecule has 0 unspecified atom stereocenters. The second-order valence-corrected chi connectivity index (χ2v) is 4.13. The third-order valence-electron chi connectivity index (χ3n) is 1.27. The lowest BCUT2D eigenvalue weighted by atomic mass is 10.6. The predicted molar refractivity (Wildman–Crippen MR) is 40.7 cm³/mol. The number of hydrogen-bond acceptors (Lipinski definition) is 3. The topological polar surface area (TPSA) is 66.1 Å². The fourth-order valence-electron chi connectivity index (χ4n) is 0.555. The van der Waals surface area contributed by atoms with E-state index >= 15 is 0 Å². The van der Waals surface area contributed by atoms with Gasteiger partial charge in [-0.2, -0.15) is 5.10 Å². The molecule has 0 aliphatic carbocycles. The fraction of sp³-hybridized carbons (Fsp3) is 0.400. The van der Waals surface area contributed by atoms with Crippen LogP contribution in [0.2, 0.25) is 0 Å². The quantitative estimate of drug-likeness (QED) is 0.663. The molecule has 0 spiro atoms. The molecule has 0 atom stereocenters. The molecule has 0 aliphatic rings. The van der Waals surface area contributed by atoms with Gasteiger partial charge in [0.1, 0.15) is 6.20 Å². The minimum Gasteiger partial charge on any atom is -0.283 e. The van der Waals surface area contributed by atoms with E-state index < -0.39 is 10.0 Å². The highest BCUT2D eigenvalue weighted by Gasteiger charge is 2.12. The summed E-state index contributed by atoms with van der Waals surface area (Å²) in [6.45, 7) is 0. The summed E-state index contributed by atoms with van der Waals surface area (Å²) in [5.74, 6) is 0. The average molecular weight is 174 g/mol. The zero-order chi connectivity index (χ0) is 8.48. The summed E-state index contributed by atoms with van der Waals surface area (Å²) in [5.41, 5.74) is 0.410. The summed E-state index contributed by atoms with van der Waals surface area (Å²) in [5, 5.41) is 5.97. The maximum Gasteiger partial charge on any atom is 0.232 e. The molecule has 1 rings (SSSR count). The third kappa shape index (κ3) is 1.70. The van der Waals surface area contributed by atoms with Crippen LogP contribution in [0.15, 0.2) is 6.20 Å². The minimum absolute atomic E-state index is 0.410. The molecule has 1 radical (unpaired) electrons. The Morgan fingerprint density at radius 3 is 2.73 bits per heavy atom.